The topological polar surface area (TPSA) is 122 Å². The number of amides is 4. The minimum Gasteiger partial charge on any atom is -0.444 e. The number of alkyl halides is 3. The van der Waals surface area contributed by atoms with Gasteiger partial charge in [0.1, 0.15) is 17.7 Å². The maximum atomic E-state index is 14.0. The van der Waals surface area contributed by atoms with Crippen molar-refractivity contribution in [1.82, 2.24) is 15.1 Å². The summed E-state index contributed by atoms with van der Waals surface area (Å²) >= 11 is 0. The van der Waals surface area contributed by atoms with Gasteiger partial charge in [-0.1, -0.05) is 6.08 Å². The summed E-state index contributed by atoms with van der Waals surface area (Å²) < 4.78 is 44.5. The minimum absolute atomic E-state index is 0.156. The van der Waals surface area contributed by atoms with Crippen LogP contribution in [0.5, 0.6) is 0 Å². The van der Waals surface area contributed by atoms with E-state index in [1.165, 1.54) is 17.0 Å². The van der Waals surface area contributed by atoms with Crippen molar-refractivity contribution in [1.29, 1.82) is 0 Å². The van der Waals surface area contributed by atoms with Crippen molar-refractivity contribution >= 4 is 23.8 Å². The van der Waals surface area contributed by atoms with Gasteiger partial charge in [0, 0.05) is 17.6 Å². The number of nitrogens with one attached hydrogen (secondary N) is 1. The second-order valence-corrected chi connectivity index (χ2v) is 12.1. The Morgan fingerprint density at radius 1 is 1.00 bits per heavy atom. The van der Waals surface area contributed by atoms with E-state index in [-0.39, 0.29) is 29.5 Å². The van der Waals surface area contributed by atoms with Gasteiger partial charge in [-0.25, -0.2) is 4.79 Å². The molecule has 224 valence electrons. The summed E-state index contributed by atoms with van der Waals surface area (Å²) in [4.78, 5) is 55.6. The molecule has 1 aromatic carbocycles. The molecule has 12 heteroatoms. The zero-order chi connectivity index (χ0) is 30.3. The number of nitrogens with zero attached hydrogens (tertiary/aromatic N) is 2. The average Bonchev–Trinajstić information content (AvgIpc) is 3.43. The van der Waals surface area contributed by atoms with Crippen LogP contribution in [0.25, 0.3) is 0 Å². The number of nitrogens with two attached hydrogens (primary N) is 1. The molecule has 3 aliphatic heterocycles. The number of ether oxygens (including phenoxy) is 1. The Morgan fingerprint density at radius 2 is 1.59 bits per heavy atom. The van der Waals surface area contributed by atoms with E-state index in [9.17, 15) is 32.3 Å². The van der Waals surface area contributed by atoms with Crippen LogP contribution >= 0.6 is 0 Å². The van der Waals surface area contributed by atoms with Crippen LogP contribution in [0.3, 0.4) is 0 Å². The summed E-state index contributed by atoms with van der Waals surface area (Å²) in [6.07, 6.45) is -0.749. The highest BCUT2D eigenvalue weighted by molar-refractivity contribution is 5.95. The Bertz CT molecular complexity index is 1180. The molecule has 5 atom stereocenters. The molecule has 3 fully saturated rings. The first-order valence-electron chi connectivity index (χ1n) is 13.8. The van der Waals surface area contributed by atoms with E-state index >= 15 is 0 Å². The molecule has 0 aliphatic carbocycles. The molecule has 2 bridgehead atoms. The minimum atomic E-state index is -4.50. The number of carbonyl (C=O) groups is 4. The molecule has 3 heterocycles. The van der Waals surface area contributed by atoms with Gasteiger partial charge in [-0.15, -0.1) is 6.58 Å². The lowest BCUT2D eigenvalue weighted by atomic mass is 9.83. The van der Waals surface area contributed by atoms with Gasteiger partial charge in [-0.3, -0.25) is 14.4 Å². The molecule has 0 aromatic heterocycles. The van der Waals surface area contributed by atoms with Crippen LogP contribution in [0.4, 0.5) is 18.0 Å². The first kappa shape index (κ1) is 30.4. The molecular weight excluding hydrogens is 541 g/mol. The molecule has 4 amide bonds. The number of halogens is 3. The third-order valence-electron chi connectivity index (χ3n) is 8.16. The Hall–Kier alpha value is -3.57. The van der Waals surface area contributed by atoms with E-state index in [1.807, 2.05) is 0 Å². The monoisotopic (exact) mass is 578 g/mol. The van der Waals surface area contributed by atoms with Crippen molar-refractivity contribution in [3.63, 3.8) is 0 Å². The number of fused-ring (bicyclic) bond motifs is 2. The van der Waals surface area contributed by atoms with Crippen LogP contribution in [0.15, 0.2) is 36.9 Å². The summed E-state index contributed by atoms with van der Waals surface area (Å²) in [6.45, 7) is 8.90. The predicted molar refractivity (Wildman–Crippen MR) is 143 cm³/mol. The van der Waals surface area contributed by atoms with Crippen LogP contribution in [0.1, 0.15) is 75.2 Å². The molecule has 9 nitrogen and oxygen atoms in total. The van der Waals surface area contributed by atoms with Crippen LogP contribution in [-0.4, -0.2) is 69.4 Å². The Labute approximate surface area is 237 Å². The maximum absolute atomic E-state index is 14.0. The zero-order valence-electron chi connectivity index (χ0n) is 23.4. The molecule has 3 aliphatic rings. The standard InChI is InChI=1S/C29H37F3N4O5/c1-5-19-12-13-22(24(33)37)36(19)26(39)23(34-27(40)41-28(2,3)4)17-14-20-10-11-21(15-17)35(20)25(38)16-6-8-18(9-7-16)29(30,31)32/h5-9,17,19-23H,1,10-15H2,2-4H3,(H2,33,37)(H,34,40)/t17?,19-,20?,21?,22-,23-/m0/s1. The van der Waals surface area contributed by atoms with Crippen molar-refractivity contribution in [3.05, 3.63) is 48.0 Å². The molecule has 1 aromatic rings. The summed E-state index contributed by atoms with van der Waals surface area (Å²) in [5.41, 5.74) is 4.12. The maximum Gasteiger partial charge on any atom is 0.416 e. The van der Waals surface area contributed by atoms with Crippen molar-refractivity contribution in [2.75, 3.05) is 0 Å². The Balaban J connectivity index is 1.58. The predicted octanol–water partition coefficient (Wildman–Crippen LogP) is 4.01. The zero-order valence-corrected chi connectivity index (χ0v) is 23.4. The largest absolute Gasteiger partial charge is 0.444 e. The van der Waals surface area contributed by atoms with E-state index < -0.39 is 53.4 Å². The summed E-state index contributed by atoms with van der Waals surface area (Å²) in [5, 5.41) is 2.74. The highest BCUT2D eigenvalue weighted by atomic mass is 19.4. The number of carbonyl (C=O) groups excluding carboxylic acids is 4. The van der Waals surface area contributed by atoms with Gasteiger partial charge in [0.2, 0.25) is 11.8 Å². The van der Waals surface area contributed by atoms with Gasteiger partial charge in [-0.2, -0.15) is 13.2 Å². The van der Waals surface area contributed by atoms with E-state index in [0.29, 0.717) is 38.5 Å². The SMILES string of the molecule is C=C[C@H]1CC[C@@H](C(N)=O)N1C(=O)[C@@H](NC(=O)OC(C)(C)C)C1CC2CCC(C1)N2C(=O)c1ccc(C(F)(F)F)cc1. The van der Waals surface area contributed by atoms with Crippen molar-refractivity contribution in [2.24, 2.45) is 11.7 Å². The lowest BCUT2D eigenvalue weighted by molar-refractivity contribution is -0.142. The van der Waals surface area contributed by atoms with Crippen LogP contribution in [-0.2, 0) is 20.5 Å². The molecule has 2 unspecified atom stereocenters. The van der Waals surface area contributed by atoms with Gasteiger partial charge in [-0.05, 0) is 89.5 Å². The summed E-state index contributed by atoms with van der Waals surface area (Å²) in [5.74, 6) is -1.86. The Kier molecular flexibility index (Phi) is 8.42. The molecule has 3 N–H and O–H groups in total. The number of benzene rings is 1. The third-order valence-corrected chi connectivity index (χ3v) is 8.16. The molecule has 0 radical (unpaired) electrons. The molecule has 0 spiro atoms. The van der Waals surface area contributed by atoms with E-state index in [4.69, 9.17) is 10.5 Å². The van der Waals surface area contributed by atoms with Crippen LogP contribution in [0.2, 0.25) is 0 Å². The normalized spacial score (nSPS) is 26.8. The fraction of sp³-hybridized carbons (Fsp3) is 0.586. The van der Waals surface area contributed by atoms with Crippen molar-refractivity contribution in [2.45, 2.75) is 101 Å². The van der Waals surface area contributed by atoms with Crippen molar-refractivity contribution < 1.29 is 37.1 Å². The number of rotatable bonds is 6. The van der Waals surface area contributed by atoms with E-state index in [2.05, 4.69) is 11.9 Å². The highest BCUT2D eigenvalue weighted by Gasteiger charge is 2.50. The van der Waals surface area contributed by atoms with Gasteiger partial charge in [0.05, 0.1) is 11.6 Å². The fourth-order valence-corrected chi connectivity index (χ4v) is 6.42. The van der Waals surface area contributed by atoms with Gasteiger partial charge in [0.25, 0.3) is 5.91 Å². The quantitative estimate of drug-likeness (QED) is 0.494. The van der Waals surface area contributed by atoms with Gasteiger partial charge in [0.15, 0.2) is 0 Å². The van der Waals surface area contributed by atoms with Crippen LogP contribution in [0, 0.1) is 5.92 Å². The molecular formula is C29H37F3N4O5. The molecule has 3 saturated heterocycles. The lowest BCUT2D eigenvalue weighted by Gasteiger charge is -2.43. The average molecular weight is 579 g/mol. The number of primary amides is 1. The number of likely N-dealkylation sites (tertiary alicyclic amines) is 1. The van der Waals surface area contributed by atoms with Gasteiger partial charge < -0.3 is 25.6 Å². The van der Waals surface area contributed by atoms with E-state index in [0.717, 1.165) is 12.1 Å². The number of hydrogen-bond donors (Lipinski definition) is 2. The fourth-order valence-electron chi connectivity index (χ4n) is 6.42. The van der Waals surface area contributed by atoms with E-state index in [1.54, 1.807) is 31.7 Å². The summed E-state index contributed by atoms with van der Waals surface area (Å²) in [7, 11) is 0. The molecule has 41 heavy (non-hydrogen) atoms. The number of piperidine rings is 1. The molecule has 4 rings (SSSR count). The lowest BCUT2D eigenvalue weighted by Crippen LogP contribution is -2.60. The Morgan fingerprint density at radius 3 is 2.07 bits per heavy atom. The first-order valence-corrected chi connectivity index (χ1v) is 13.8. The third kappa shape index (κ3) is 6.51. The smallest absolute Gasteiger partial charge is 0.416 e. The first-order chi connectivity index (χ1) is 19.1. The summed E-state index contributed by atoms with van der Waals surface area (Å²) in [6, 6.07) is 1.28. The second kappa shape index (κ2) is 11.4. The number of hydrogen-bond acceptors (Lipinski definition) is 5. The van der Waals surface area contributed by atoms with Crippen molar-refractivity contribution in [3.8, 4) is 0 Å². The highest BCUT2D eigenvalue weighted by Crippen LogP contribution is 2.42. The second-order valence-electron chi connectivity index (χ2n) is 12.1. The van der Waals surface area contributed by atoms with Gasteiger partial charge >= 0.3 is 12.3 Å². The van der Waals surface area contributed by atoms with Crippen LogP contribution < -0.4 is 11.1 Å². The molecule has 0 saturated carbocycles. The number of alkyl carbamates (subject to hydrolysis) is 1.